The molecule has 3 aromatic rings. The summed E-state index contributed by atoms with van der Waals surface area (Å²) in [5.74, 6) is 0.108. The van der Waals surface area contributed by atoms with Crippen molar-refractivity contribution in [2.45, 2.75) is 25.1 Å². The molecule has 1 fully saturated rings. The monoisotopic (exact) mass is 500 g/mol. The Hall–Kier alpha value is -3.39. The first kappa shape index (κ1) is 25.2. The quantitative estimate of drug-likeness (QED) is 0.336. The third kappa shape index (κ3) is 6.14. The molecule has 184 valence electrons. The number of nitrogens with zero attached hydrogens (tertiary/aromatic N) is 2. The highest BCUT2D eigenvalue weighted by atomic mass is 32.2. The normalized spacial score (nSPS) is 16.4. The fourth-order valence-corrected chi connectivity index (χ4v) is 4.23. The van der Waals surface area contributed by atoms with Crippen LogP contribution in [0, 0.1) is 0 Å². The summed E-state index contributed by atoms with van der Waals surface area (Å²) in [5.41, 5.74) is -0.452. The number of benzene rings is 1. The standard InChI is InChI=1S/C19H21F3N6O2S.CH2O2/c1-31(29,30)28-15-6-2-5-12-13(9-24-17(12)15)16-14(19(20,21)22)10-25-18(27-16)26-11-4-3-7-23-8-11;2-1-3/h2,5-6,9-11,23-24,28H,3-4,7-8H2,1H3,(H,25,26,27);1H,(H,2,3). The van der Waals surface area contributed by atoms with Crippen LogP contribution < -0.4 is 15.4 Å². The van der Waals surface area contributed by atoms with Crippen molar-refractivity contribution < 1.29 is 31.5 Å². The van der Waals surface area contributed by atoms with E-state index in [0.717, 1.165) is 31.8 Å². The number of rotatable bonds is 5. The Labute approximate surface area is 193 Å². The Balaban J connectivity index is 0.00000103. The van der Waals surface area contributed by atoms with E-state index in [-0.39, 0.29) is 35.4 Å². The van der Waals surface area contributed by atoms with Gasteiger partial charge in [-0.25, -0.2) is 18.4 Å². The van der Waals surface area contributed by atoms with Crippen LogP contribution >= 0.6 is 0 Å². The number of piperidine rings is 1. The Morgan fingerprint density at radius 2 is 2.03 bits per heavy atom. The van der Waals surface area contributed by atoms with Crippen molar-refractivity contribution in [2.24, 2.45) is 0 Å². The Bertz CT molecular complexity index is 1260. The summed E-state index contributed by atoms with van der Waals surface area (Å²) in [6.45, 7) is 1.32. The molecule has 0 bridgehead atoms. The summed E-state index contributed by atoms with van der Waals surface area (Å²) >= 11 is 0. The molecule has 10 nitrogen and oxygen atoms in total. The van der Waals surface area contributed by atoms with E-state index in [4.69, 9.17) is 9.90 Å². The molecule has 2 aromatic heterocycles. The summed E-state index contributed by atoms with van der Waals surface area (Å²) in [5, 5.41) is 13.6. The highest BCUT2D eigenvalue weighted by Gasteiger charge is 2.36. The Kier molecular flexibility index (Phi) is 7.61. The maximum absolute atomic E-state index is 13.7. The average molecular weight is 501 g/mol. The van der Waals surface area contributed by atoms with E-state index in [1.807, 2.05) is 0 Å². The number of carbonyl (C=O) groups is 1. The summed E-state index contributed by atoms with van der Waals surface area (Å²) in [4.78, 5) is 19.3. The number of carboxylic acid groups (broad SMARTS) is 1. The Morgan fingerprint density at radius 3 is 2.65 bits per heavy atom. The van der Waals surface area contributed by atoms with Crippen LogP contribution in [-0.2, 0) is 21.0 Å². The molecule has 14 heteroatoms. The van der Waals surface area contributed by atoms with Gasteiger partial charge >= 0.3 is 6.18 Å². The fourth-order valence-electron chi connectivity index (χ4n) is 3.66. The third-order valence-corrected chi connectivity index (χ3v) is 5.58. The van der Waals surface area contributed by atoms with Crippen LogP contribution in [0.15, 0.2) is 30.6 Å². The van der Waals surface area contributed by atoms with Gasteiger partial charge in [0.25, 0.3) is 6.47 Å². The number of hydrogen-bond donors (Lipinski definition) is 5. The summed E-state index contributed by atoms with van der Waals surface area (Å²) in [6.07, 6.45) is 0.316. The van der Waals surface area contributed by atoms with Crippen molar-refractivity contribution in [2.75, 3.05) is 29.4 Å². The van der Waals surface area contributed by atoms with E-state index < -0.39 is 21.8 Å². The molecule has 1 atom stereocenters. The van der Waals surface area contributed by atoms with E-state index in [1.54, 1.807) is 12.1 Å². The number of fused-ring (bicyclic) bond motifs is 1. The van der Waals surface area contributed by atoms with Crippen molar-refractivity contribution >= 4 is 39.0 Å². The molecule has 1 saturated heterocycles. The molecule has 0 spiro atoms. The van der Waals surface area contributed by atoms with Gasteiger partial charge in [-0.1, -0.05) is 12.1 Å². The van der Waals surface area contributed by atoms with Gasteiger partial charge < -0.3 is 20.7 Å². The fraction of sp³-hybridized carbons (Fsp3) is 0.350. The molecule has 1 aliphatic rings. The van der Waals surface area contributed by atoms with Crippen LogP contribution in [0.2, 0.25) is 0 Å². The minimum absolute atomic E-state index is 0.0202. The number of sulfonamides is 1. The molecule has 34 heavy (non-hydrogen) atoms. The van der Waals surface area contributed by atoms with Gasteiger partial charge in [-0.2, -0.15) is 13.2 Å². The molecule has 3 heterocycles. The highest BCUT2D eigenvalue weighted by molar-refractivity contribution is 7.92. The molecule has 1 aliphatic heterocycles. The zero-order valence-electron chi connectivity index (χ0n) is 18.0. The van der Waals surface area contributed by atoms with E-state index in [9.17, 15) is 21.6 Å². The van der Waals surface area contributed by atoms with Gasteiger partial charge in [0.1, 0.15) is 5.56 Å². The number of para-hydroxylation sites is 1. The number of anilines is 2. The number of H-pyrrole nitrogens is 1. The van der Waals surface area contributed by atoms with Crippen molar-refractivity contribution in [3.63, 3.8) is 0 Å². The predicted molar refractivity (Wildman–Crippen MR) is 121 cm³/mol. The number of alkyl halides is 3. The van der Waals surface area contributed by atoms with Crippen LogP contribution in [0.1, 0.15) is 18.4 Å². The van der Waals surface area contributed by atoms with E-state index in [0.29, 0.717) is 17.4 Å². The minimum atomic E-state index is -4.66. The van der Waals surface area contributed by atoms with Gasteiger partial charge in [0.15, 0.2) is 0 Å². The number of nitrogens with one attached hydrogen (secondary N) is 4. The number of hydrogen-bond acceptors (Lipinski definition) is 7. The van der Waals surface area contributed by atoms with Gasteiger partial charge in [0.05, 0.1) is 23.2 Å². The molecule has 0 amide bonds. The lowest BCUT2D eigenvalue weighted by molar-refractivity contribution is -0.137. The predicted octanol–water partition coefficient (Wildman–Crippen LogP) is 2.88. The smallest absolute Gasteiger partial charge is 0.419 e. The van der Waals surface area contributed by atoms with Crippen LogP contribution in [-0.4, -0.2) is 60.3 Å². The second-order valence-corrected chi connectivity index (χ2v) is 9.30. The topological polar surface area (TPSA) is 149 Å². The first-order chi connectivity index (χ1) is 16.0. The summed E-state index contributed by atoms with van der Waals surface area (Å²) in [7, 11) is -3.57. The summed E-state index contributed by atoms with van der Waals surface area (Å²) in [6, 6.07) is 4.72. The Morgan fingerprint density at radius 1 is 1.29 bits per heavy atom. The van der Waals surface area contributed by atoms with Crippen LogP contribution in [0.5, 0.6) is 0 Å². The van der Waals surface area contributed by atoms with Gasteiger partial charge in [-0.15, -0.1) is 0 Å². The van der Waals surface area contributed by atoms with Crippen LogP contribution in [0.25, 0.3) is 22.2 Å². The van der Waals surface area contributed by atoms with E-state index >= 15 is 0 Å². The molecular weight excluding hydrogens is 477 g/mol. The van der Waals surface area contributed by atoms with Crippen LogP contribution in [0.3, 0.4) is 0 Å². The van der Waals surface area contributed by atoms with Gasteiger partial charge in [0.2, 0.25) is 16.0 Å². The maximum atomic E-state index is 13.7. The SMILES string of the molecule is CS(=O)(=O)Nc1cccc2c(-c3nc(NC4CCCNC4)ncc3C(F)(F)F)c[nH]c12.O=CO. The first-order valence-corrected chi connectivity index (χ1v) is 12.0. The van der Waals surface area contributed by atoms with E-state index in [2.05, 4.69) is 30.3 Å². The van der Waals surface area contributed by atoms with E-state index in [1.165, 1.54) is 12.3 Å². The minimum Gasteiger partial charge on any atom is -0.483 e. The van der Waals surface area contributed by atoms with Crippen molar-refractivity contribution in [3.8, 4) is 11.3 Å². The molecule has 1 unspecified atom stereocenters. The van der Waals surface area contributed by atoms with Gasteiger partial charge in [-0.05, 0) is 25.5 Å². The molecule has 0 saturated carbocycles. The third-order valence-electron chi connectivity index (χ3n) is 4.99. The van der Waals surface area contributed by atoms with Gasteiger partial charge in [0, 0.05) is 35.9 Å². The lowest BCUT2D eigenvalue weighted by Crippen LogP contribution is -2.38. The first-order valence-electron chi connectivity index (χ1n) is 10.1. The largest absolute Gasteiger partial charge is 0.483 e. The highest BCUT2D eigenvalue weighted by Crippen LogP contribution is 2.39. The van der Waals surface area contributed by atoms with Crippen molar-refractivity contribution in [3.05, 3.63) is 36.2 Å². The van der Waals surface area contributed by atoms with Crippen LogP contribution in [0.4, 0.5) is 24.8 Å². The zero-order chi connectivity index (χ0) is 24.9. The lowest BCUT2D eigenvalue weighted by Gasteiger charge is -2.24. The molecule has 4 rings (SSSR count). The molecule has 0 aliphatic carbocycles. The molecule has 1 aromatic carbocycles. The van der Waals surface area contributed by atoms with Crippen molar-refractivity contribution in [1.82, 2.24) is 20.3 Å². The molecule has 5 N–H and O–H groups in total. The second kappa shape index (κ2) is 10.3. The average Bonchev–Trinajstić information content (AvgIpc) is 3.18. The number of aromatic nitrogens is 3. The second-order valence-electron chi connectivity index (χ2n) is 7.55. The zero-order valence-corrected chi connectivity index (χ0v) is 18.8. The lowest BCUT2D eigenvalue weighted by atomic mass is 10.1. The maximum Gasteiger partial charge on any atom is 0.419 e. The van der Waals surface area contributed by atoms with Gasteiger partial charge in [-0.3, -0.25) is 9.52 Å². The molecule has 0 radical (unpaired) electrons. The van der Waals surface area contributed by atoms with Crippen molar-refractivity contribution in [1.29, 1.82) is 0 Å². The number of aromatic amines is 1. The number of halogens is 3. The summed E-state index contributed by atoms with van der Waals surface area (Å²) < 4.78 is 66.8. The molecular formula is C20H23F3N6O4S.